The number of aliphatic carboxylic acids is 1. The van der Waals surface area contributed by atoms with Crippen LogP contribution in [0.3, 0.4) is 0 Å². The highest BCUT2D eigenvalue weighted by Crippen LogP contribution is 2.24. The number of amides is 2. The SMILES string of the molecule is O=C(NCc1cccc(-c2ccccn2)c1)NC1CCC(C(=O)O)CC1. The number of carboxylic acid groups (broad SMARTS) is 1. The van der Waals surface area contributed by atoms with Gasteiger partial charge in [-0.3, -0.25) is 9.78 Å². The zero-order valence-corrected chi connectivity index (χ0v) is 14.5. The lowest BCUT2D eigenvalue weighted by molar-refractivity contribution is -0.142. The first-order valence-corrected chi connectivity index (χ1v) is 8.89. The van der Waals surface area contributed by atoms with E-state index in [1.165, 1.54) is 0 Å². The molecule has 1 saturated carbocycles. The Kier molecular flexibility index (Phi) is 5.84. The maximum absolute atomic E-state index is 12.1. The van der Waals surface area contributed by atoms with E-state index < -0.39 is 5.97 Å². The van der Waals surface area contributed by atoms with E-state index in [2.05, 4.69) is 15.6 Å². The van der Waals surface area contributed by atoms with Gasteiger partial charge in [-0.1, -0.05) is 24.3 Å². The highest BCUT2D eigenvalue weighted by Gasteiger charge is 2.26. The van der Waals surface area contributed by atoms with Crippen LogP contribution in [0.1, 0.15) is 31.2 Å². The number of carbonyl (C=O) groups excluding carboxylic acids is 1. The monoisotopic (exact) mass is 353 g/mol. The predicted octanol–water partition coefficient (Wildman–Crippen LogP) is 3.19. The maximum atomic E-state index is 12.1. The van der Waals surface area contributed by atoms with E-state index in [0.29, 0.717) is 32.2 Å². The van der Waals surface area contributed by atoms with Crippen LogP contribution in [0.5, 0.6) is 0 Å². The van der Waals surface area contributed by atoms with Gasteiger partial charge in [0.1, 0.15) is 0 Å². The van der Waals surface area contributed by atoms with Crippen molar-refractivity contribution in [2.24, 2.45) is 5.92 Å². The number of hydrogen-bond donors (Lipinski definition) is 3. The minimum atomic E-state index is -0.735. The van der Waals surface area contributed by atoms with Crippen molar-refractivity contribution in [2.75, 3.05) is 0 Å². The molecule has 1 aromatic carbocycles. The van der Waals surface area contributed by atoms with E-state index in [0.717, 1.165) is 16.8 Å². The fourth-order valence-corrected chi connectivity index (χ4v) is 3.28. The second kappa shape index (κ2) is 8.47. The molecule has 0 unspecified atom stereocenters. The molecule has 1 aromatic heterocycles. The number of carbonyl (C=O) groups is 2. The first kappa shape index (κ1) is 17.9. The Morgan fingerprint density at radius 3 is 2.58 bits per heavy atom. The molecule has 0 aliphatic heterocycles. The lowest BCUT2D eigenvalue weighted by Crippen LogP contribution is -2.43. The average Bonchev–Trinajstić information content (AvgIpc) is 2.68. The Morgan fingerprint density at radius 1 is 1.08 bits per heavy atom. The van der Waals surface area contributed by atoms with E-state index in [4.69, 9.17) is 5.11 Å². The molecule has 0 spiro atoms. The van der Waals surface area contributed by atoms with E-state index in [-0.39, 0.29) is 18.0 Å². The third kappa shape index (κ3) is 4.81. The summed E-state index contributed by atoms with van der Waals surface area (Å²) in [4.78, 5) is 27.4. The number of aromatic nitrogens is 1. The van der Waals surface area contributed by atoms with E-state index >= 15 is 0 Å². The number of nitrogens with zero attached hydrogens (tertiary/aromatic N) is 1. The maximum Gasteiger partial charge on any atom is 0.315 e. The van der Waals surface area contributed by atoms with Crippen LogP contribution < -0.4 is 10.6 Å². The summed E-state index contributed by atoms with van der Waals surface area (Å²) in [6.45, 7) is 0.428. The van der Waals surface area contributed by atoms with Gasteiger partial charge in [0, 0.05) is 24.3 Å². The molecular weight excluding hydrogens is 330 g/mol. The van der Waals surface area contributed by atoms with Gasteiger partial charge >= 0.3 is 12.0 Å². The molecule has 1 aliphatic carbocycles. The fraction of sp³-hybridized carbons (Fsp3) is 0.350. The largest absolute Gasteiger partial charge is 0.481 e. The molecule has 6 heteroatoms. The molecule has 2 amide bonds. The number of hydrogen-bond acceptors (Lipinski definition) is 3. The predicted molar refractivity (Wildman–Crippen MR) is 98.4 cm³/mol. The van der Waals surface area contributed by atoms with Gasteiger partial charge in [0.25, 0.3) is 0 Å². The third-order valence-corrected chi connectivity index (χ3v) is 4.75. The van der Waals surface area contributed by atoms with Gasteiger partial charge in [-0.25, -0.2) is 4.79 Å². The molecule has 1 aliphatic rings. The van der Waals surface area contributed by atoms with Crippen molar-refractivity contribution in [3.8, 4) is 11.3 Å². The summed E-state index contributed by atoms with van der Waals surface area (Å²) in [7, 11) is 0. The number of urea groups is 1. The lowest BCUT2D eigenvalue weighted by atomic mass is 9.86. The second-order valence-electron chi connectivity index (χ2n) is 6.63. The molecule has 0 saturated heterocycles. The van der Waals surface area contributed by atoms with Crippen LogP contribution in [0.2, 0.25) is 0 Å². The highest BCUT2D eigenvalue weighted by molar-refractivity contribution is 5.74. The summed E-state index contributed by atoms with van der Waals surface area (Å²) in [5, 5.41) is 14.8. The molecule has 136 valence electrons. The summed E-state index contributed by atoms with van der Waals surface area (Å²) in [6, 6.07) is 13.5. The molecule has 0 radical (unpaired) electrons. The molecule has 26 heavy (non-hydrogen) atoms. The van der Waals surface area contributed by atoms with Gasteiger partial charge in [-0.2, -0.15) is 0 Å². The first-order chi connectivity index (χ1) is 12.6. The molecule has 0 bridgehead atoms. The van der Waals surface area contributed by atoms with Crippen LogP contribution in [-0.2, 0) is 11.3 Å². The van der Waals surface area contributed by atoms with Crippen molar-refractivity contribution in [1.29, 1.82) is 0 Å². The minimum Gasteiger partial charge on any atom is -0.481 e. The van der Waals surface area contributed by atoms with Crippen LogP contribution in [-0.4, -0.2) is 28.1 Å². The lowest BCUT2D eigenvalue weighted by Gasteiger charge is -2.26. The highest BCUT2D eigenvalue weighted by atomic mass is 16.4. The van der Waals surface area contributed by atoms with E-state index in [1.807, 2.05) is 42.5 Å². The Labute approximate surface area is 152 Å². The van der Waals surface area contributed by atoms with Crippen molar-refractivity contribution < 1.29 is 14.7 Å². The van der Waals surface area contributed by atoms with Crippen molar-refractivity contribution in [1.82, 2.24) is 15.6 Å². The number of benzene rings is 1. The Bertz CT molecular complexity index is 756. The summed E-state index contributed by atoms with van der Waals surface area (Å²) in [5.41, 5.74) is 2.91. The van der Waals surface area contributed by atoms with E-state index in [9.17, 15) is 9.59 Å². The van der Waals surface area contributed by atoms with Gasteiger partial charge < -0.3 is 15.7 Å². The summed E-state index contributed by atoms with van der Waals surface area (Å²) < 4.78 is 0. The van der Waals surface area contributed by atoms with Crippen molar-refractivity contribution in [3.63, 3.8) is 0 Å². The van der Waals surface area contributed by atoms with Crippen molar-refractivity contribution in [3.05, 3.63) is 54.2 Å². The first-order valence-electron chi connectivity index (χ1n) is 8.89. The van der Waals surface area contributed by atoms with E-state index in [1.54, 1.807) is 6.20 Å². The topological polar surface area (TPSA) is 91.3 Å². The molecule has 0 atom stereocenters. The number of pyridine rings is 1. The zero-order chi connectivity index (χ0) is 18.4. The molecule has 1 fully saturated rings. The number of nitrogens with one attached hydrogen (secondary N) is 2. The van der Waals surface area contributed by atoms with Gasteiger partial charge in [-0.15, -0.1) is 0 Å². The molecule has 6 nitrogen and oxygen atoms in total. The van der Waals surface area contributed by atoms with Crippen LogP contribution in [0, 0.1) is 5.92 Å². The summed E-state index contributed by atoms with van der Waals surface area (Å²) in [5.74, 6) is -1.01. The quantitative estimate of drug-likeness (QED) is 0.770. The second-order valence-corrected chi connectivity index (χ2v) is 6.63. The number of carboxylic acids is 1. The molecule has 1 heterocycles. The van der Waals surface area contributed by atoms with Crippen LogP contribution >= 0.6 is 0 Å². The molecule has 2 aromatic rings. The van der Waals surface area contributed by atoms with Crippen LogP contribution in [0.15, 0.2) is 48.7 Å². The van der Waals surface area contributed by atoms with Gasteiger partial charge in [0.05, 0.1) is 11.6 Å². The summed E-state index contributed by atoms with van der Waals surface area (Å²) >= 11 is 0. The zero-order valence-electron chi connectivity index (χ0n) is 14.5. The molecular formula is C20H23N3O3. The normalized spacial score (nSPS) is 19.5. The third-order valence-electron chi connectivity index (χ3n) is 4.75. The van der Waals surface area contributed by atoms with Gasteiger partial charge in [0.2, 0.25) is 0 Å². The average molecular weight is 353 g/mol. The van der Waals surface area contributed by atoms with Gasteiger partial charge in [0.15, 0.2) is 0 Å². The standard InChI is InChI=1S/C20H23N3O3/c24-19(25)15-7-9-17(10-8-15)23-20(26)22-13-14-4-3-5-16(12-14)18-6-1-2-11-21-18/h1-6,11-12,15,17H,7-10,13H2,(H,24,25)(H2,22,23,26). The van der Waals surface area contributed by atoms with Gasteiger partial charge in [-0.05, 0) is 49.4 Å². The number of rotatable bonds is 5. The molecule has 3 rings (SSSR count). The van der Waals surface area contributed by atoms with Crippen LogP contribution in [0.4, 0.5) is 4.79 Å². The van der Waals surface area contributed by atoms with Crippen LogP contribution in [0.25, 0.3) is 11.3 Å². The summed E-state index contributed by atoms with van der Waals surface area (Å²) in [6.07, 6.45) is 4.41. The fourth-order valence-electron chi connectivity index (χ4n) is 3.28. The van der Waals surface area contributed by atoms with Crippen molar-refractivity contribution in [2.45, 2.75) is 38.3 Å². The van der Waals surface area contributed by atoms with Crippen molar-refractivity contribution >= 4 is 12.0 Å². The minimum absolute atomic E-state index is 0.0467. The molecule has 3 N–H and O–H groups in total. The smallest absolute Gasteiger partial charge is 0.315 e. The Morgan fingerprint density at radius 2 is 1.88 bits per heavy atom. The Hall–Kier alpha value is -2.89. The Balaban J connectivity index is 1.49.